The summed E-state index contributed by atoms with van der Waals surface area (Å²) in [7, 11) is 0. The van der Waals surface area contributed by atoms with Crippen LogP contribution in [0.1, 0.15) is 30.6 Å². The Labute approximate surface area is 118 Å². The molecule has 1 N–H and O–H groups in total. The molecule has 104 valence electrons. The Kier molecular flexibility index (Phi) is 3.54. The number of amides is 1. The van der Waals surface area contributed by atoms with Gasteiger partial charge in [0.2, 0.25) is 5.91 Å². The van der Waals surface area contributed by atoms with Gasteiger partial charge >= 0.3 is 0 Å². The Morgan fingerprint density at radius 1 is 1.35 bits per heavy atom. The second kappa shape index (κ2) is 5.49. The van der Waals surface area contributed by atoms with Crippen molar-refractivity contribution in [3.05, 3.63) is 41.7 Å². The zero-order valence-corrected chi connectivity index (χ0v) is 11.6. The summed E-state index contributed by atoms with van der Waals surface area (Å²) < 4.78 is 5.28. The van der Waals surface area contributed by atoms with Crippen LogP contribution in [0, 0.1) is 12.8 Å². The normalized spacial score (nSPS) is 14.8. The predicted molar refractivity (Wildman–Crippen MR) is 75.9 cm³/mol. The molecule has 1 aromatic heterocycles. The predicted octanol–water partition coefficient (Wildman–Crippen LogP) is 3.07. The molecule has 0 spiro atoms. The third-order valence-corrected chi connectivity index (χ3v) is 3.95. The molecule has 2 aromatic rings. The van der Waals surface area contributed by atoms with Crippen LogP contribution in [-0.2, 0) is 11.3 Å². The van der Waals surface area contributed by atoms with Gasteiger partial charge in [0.1, 0.15) is 11.5 Å². The maximum atomic E-state index is 11.9. The molecule has 4 nitrogen and oxygen atoms in total. The Balaban J connectivity index is 1.75. The zero-order valence-electron chi connectivity index (χ0n) is 11.6. The molecule has 1 amide bonds. The molecule has 1 fully saturated rings. The second-order valence-corrected chi connectivity index (χ2v) is 5.28. The summed E-state index contributed by atoms with van der Waals surface area (Å²) in [6, 6.07) is 9.89. The maximum absolute atomic E-state index is 11.9. The van der Waals surface area contributed by atoms with Crippen LogP contribution in [0.25, 0.3) is 11.3 Å². The fraction of sp³-hybridized carbons (Fsp3) is 0.375. The summed E-state index contributed by atoms with van der Waals surface area (Å²) in [5.74, 6) is 1.11. The lowest BCUT2D eigenvalue weighted by Crippen LogP contribution is -2.34. The van der Waals surface area contributed by atoms with Crippen LogP contribution in [-0.4, -0.2) is 11.1 Å². The van der Waals surface area contributed by atoms with Crippen molar-refractivity contribution in [2.24, 2.45) is 5.92 Å². The number of nitrogens with zero attached hydrogens (tertiary/aromatic N) is 1. The number of benzene rings is 1. The molecule has 1 heterocycles. The summed E-state index contributed by atoms with van der Waals surface area (Å²) in [5, 5.41) is 7.12. The van der Waals surface area contributed by atoms with Crippen LogP contribution >= 0.6 is 0 Å². The van der Waals surface area contributed by atoms with Gasteiger partial charge in [0.15, 0.2) is 0 Å². The van der Waals surface area contributed by atoms with Gasteiger partial charge in [-0.2, -0.15) is 0 Å². The Bertz CT molecular complexity index is 600. The summed E-state index contributed by atoms with van der Waals surface area (Å²) in [4.78, 5) is 11.9. The molecule has 20 heavy (non-hydrogen) atoms. The van der Waals surface area contributed by atoms with Crippen LogP contribution in [0.15, 0.2) is 34.9 Å². The monoisotopic (exact) mass is 270 g/mol. The van der Waals surface area contributed by atoms with Crippen LogP contribution in [0.2, 0.25) is 0 Å². The molecular formula is C16H18N2O2. The second-order valence-electron chi connectivity index (χ2n) is 5.28. The first-order chi connectivity index (χ1) is 9.75. The van der Waals surface area contributed by atoms with Gasteiger partial charge in [-0.3, -0.25) is 4.79 Å². The molecule has 0 unspecified atom stereocenters. The van der Waals surface area contributed by atoms with Crippen molar-refractivity contribution >= 4 is 5.91 Å². The Morgan fingerprint density at radius 2 is 2.10 bits per heavy atom. The van der Waals surface area contributed by atoms with E-state index >= 15 is 0 Å². The Hall–Kier alpha value is -2.10. The molecule has 1 aliphatic carbocycles. The third-order valence-electron chi connectivity index (χ3n) is 3.95. The van der Waals surface area contributed by atoms with Gasteiger partial charge < -0.3 is 9.84 Å². The molecule has 3 rings (SSSR count). The topological polar surface area (TPSA) is 55.1 Å². The number of aromatic nitrogens is 1. The largest absolute Gasteiger partial charge is 0.361 e. The summed E-state index contributed by atoms with van der Waals surface area (Å²) in [6.07, 6.45) is 3.19. The number of nitrogens with one attached hydrogen (secondary N) is 1. The number of aryl methyl sites for hydroxylation is 1. The lowest BCUT2D eigenvalue weighted by molar-refractivity contribution is -0.127. The van der Waals surface area contributed by atoms with Gasteiger partial charge in [0, 0.05) is 23.6 Å². The lowest BCUT2D eigenvalue weighted by Gasteiger charge is -2.24. The molecule has 4 heteroatoms. The number of carbonyl (C=O) groups is 1. The van der Waals surface area contributed by atoms with E-state index < -0.39 is 0 Å². The minimum atomic E-state index is 0.149. The molecule has 0 aliphatic heterocycles. The molecule has 0 saturated heterocycles. The smallest absolute Gasteiger partial charge is 0.223 e. The summed E-state index contributed by atoms with van der Waals surface area (Å²) in [5.41, 5.74) is 2.79. The summed E-state index contributed by atoms with van der Waals surface area (Å²) >= 11 is 0. The molecular weight excluding hydrogens is 252 g/mol. The van der Waals surface area contributed by atoms with Crippen molar-refractivity contribution < 1.29 is 9.32 Å². The van der Waals surface area contributed by atoms with Gasteiger partial charge in [-0.1, -0.05) is 41.9 Å². The fourth-order valence-electron chi connectivity index (χ4n) is 2.41. The molecule has 1 aromatic carbocycles. The van der Waals surface area contributed by atoms with Gasteiger partial charge in [0.05, 0.1) is 0 Å². The minimum absolute atomic E-state index is 0.149. The van der Waals surface area contributed by atoms with Crippen molar-refractivity contribution in [2.45, 2.75) is 32.7 Å². The molecule has 0 atom stereocenters. The highest BCUT2D eigenvalue weighted by atomic mass is 16.5. The fourth-order valence-corrected chi connectivity index (χ4v) is 2.41. The van der Waals surface area contributed by atoms with Gasteiger partial charge in [-0.05, 0) is 19.8 Å². The van der Waals surface area contributed by atoms with Gasteiger partial charge in [-0.25, -0.2) is 0 Å². The van der Waals surface area contributed by atoms with E-state index in [9.17, 15) is 4.79 Å². The van der Waals surface area contributed by atoms with E-state index in [1.807, 2.05) is 37.3 Å². The molecule has 1 saturated carbocycles. The molecule has 0 radical (unpaired) electrons. The van der Waals surface area contributed by atoms with Crippen LogP contribution in [0.4, 0.5) is 0 Å². The minimum Gasteiger partial charge on any atom is -0.361 e. The summed E-state index contributed by atoms with van der Waals surface area (Å²) in [6.45, 7) is 2.36. The zero-order chi connectivity index (χ0) is 13.9. The highest BCUT2D eigenvalue weighted by Gasteiger charge is 2.25. The van der Waals surface area contributed by atoms with E-state index in [2.05, 4.69) is 10.5 Å². The van der Waals surface area contributed by atoms with E-state index in [-0.39, 0.29) is 11.8 Å². The highest BCUT2D eigenvalue weighted by Crippen LogP contribution is 2.27. The highest BCUT2D eigenvalue weighted by molar-refractivity contribution is 5.79. The van der Waals surface area contributed by atoms with Crippen LogP contribution in [0.3, 0.4) is 0 Å². The average molecular weight is 270 g/mol. The van der Waals surface area contributed by atoms with Gasteiger partial charge in [-0.15, -0.1) is 0 Å². The lowest BCUT2D eigenvalue weighted by atomic mass is 9.85. The van der Waals surface area contributed by atoms with E-state index in [1.165, 1.54) is 6.42 Å². The first kappa shape index (κ1) is 12.9. The SMILES string of the molecule is Cc1onc(-c2ccccc2)c1CNC(=O)C1CCC1. The number of hydrogen-bond donors (Lipinski definition) is 1. The number of hydrogen-bond acceptors (Lipinski definition) is 3. The van der Waals surface area contributed by atoms with E-state index in [4.69, 9.17) is 4.52 Å². The Morgan fingerprint density at radius 3 is 2.75 bits per heavy atom. The third kappa shape index (κ3) is 2.46. The van der Waals surface area contributed by atoms with Gasteiger partial charge in [0.25, 0.3) is 0 Å². The number of carbonyl (C=O) groups excluding carboxylic acids is 1. The quantitative estimate of drug-likeness (QED) is 0.929. The van der Waals surface area contributed by atoms with Crippen molar-refractivity contribution in [1.82, 2.24) is 10.5 Å². The maximum Gasteiger partial charge on any atom is 0.223 e. The van der Waals surface area contributed by atoms with Crippen molar-refractivity contribution in [3.63, 3.8) is 0 Å². The van der Waals surface area contributed by atoms with Crippen molar-refractivity contribution in [3.8, 4) is 11.3 Å². The van der Waals surface area contributed by atoms with Crippen LogP contribution in [0.5, 0.6) is 0 Å². The first-order valence-electron chi connectivity index (χ1n) is 7.04. The molecule has 1 aliphatic rings. The number of rotatable bonds is 4. The first-order valence-corrected chi connectivity index (χ1v) is 7.04. The van der Waals surface area contributed by atoms with E-state index in [0.717, 1.165) is 35.4 Å². The van der Waals surface area contributed by atoms with Crippen LogP contribution < -0.4 is 5.32 Å². The molecule has 0 bridgehead atoms. The van der Waals surface area contributed by atoms with Crippen molar-refractivity contribution in [1.29, 1.82) is 0 Å². The van der Waals surface area contributed by atoms with E-state index in [0.29, 0.717) is 6.54 Å². The standard InChI is InChI=1S/C16H18N2O2/c1-11-14(10-17-16(19)13-8-5-9-13)15(18-20-11)12-6-3-2-4-7-12/h2-4,6-7,13H,5,8-10H2,1H3,(H,17,19). The van der Waals surface area contributed by atoms with Crippen molar-refractivity contribution in [2.75, 3.05) is 0 Å². The van der Waals surface area contributed by atoms with E-state index in [1.54, 1.807) is 0 Å². The average Bonchev–Trinajstić information content (AvgIpc) is 2.77.